The summed E-state index contributed by atoms with van der Waals surface area (Å²) in [5.74, 6) is -0.170. The fraction of sp³-hybridized carbons (Fsp3) is 0.909. The first-order valence-corrected chi connectivity index (χ1v) is 5.72. The normalized spacial score (nSPS) is 26.1. The highest BCUT2D eigenvalue weighted by Gasteiger charge is 2.27. The predicted octanol–water partition coefficient (Wildman–Crippen LogP) is -0.0140. The lowest BCUT2D eigenvalue weighted by Crippen LogP contribution is -2.52. The van der Waals surface area contributed by atoms with E-state index in [1.54, 1.807) is 0 Å². The second kappa shape index (κ2) is 6.18. The predicted molar refractivity (Wildman–Crippen MR) is 61.1 cm³/mol. The third-order valence-corrected chi connectivity index (χ3v) is 3.02. The van der Waals surface area contributed by atoms with Crippen molar-refractivity contribution in [2.24, 2.45) is 5.73 Å². The molecule has 0 aromatic carbocycles. The molecule has 1 aliphatic rings. The number of hydrogen-bond acceptors (Lipinski definition) is 5. The molecule has 1 rings (SSSR count). The van der Waals surface area contributed by atoms with Crippen molar-refractivity contribution in [2.75, 3.05) is 26.8 Å². The second-order valence-corrected chi connectivity index (χ2v) is 4.39. The summed E-state index contributed by atoms with van der Waals surface area (Å²) in [6.07, 6.45) is 0.483. The number of nitrogens with zero attached hydrogens (tertiary/aromatic N) is 1. The third kappa shape index (κ3) is 3.73. The summed E-state index contributed by atoms with van der Waals surface area (Å²) in [5.41, 5.74) is 5.81. The lowest BCUT2D eigenvalue weighted by atomic mass is 10.1. The maximum atomic E-state index is 11.2. The Hall–Kier alpha value is -0.650. The number of carbonyl (C=O) groups excluding carboxylic acids is 1. The van der Waals surface area contributed by atoms with Gasteiger partial charge < -0.3 is 15.2 Å². The molecule has 0 radical (unpaired) electrons. The van der Waals surface area contributed by atoms with Crippen LogP contribution in [0.1, 0.15) is 20.3 Å². The molecule has 1 heterocycles. The van der Waals surface area contributed by atoms with Crippen molar-refractivity contribution in [1.82, 2.24) is 4.90 Å². The molecule has 16 heavy (non-hydrogen) atoms. The standard InChI is InChI=1S/C11H22N2O3/c1-8(6-11(14)15-3)13-4-5-16-10(7-13)9(2)12/h8-10H,4-7,12H2,1-3H3. The van der Waals surface area contributed by atoms with E-state index in [0.717, 1.165) is 13.1 Å². The molecule has 5 heteroatoms. The van der Waals surface area contributed by atoms with Crippen LogP contribution >= 0.6 is 0 Å². The Bertz CT molecular complexity index is 233. The zero-order valence-electron chi connectivity index (χ0n) is 10.3. The first kappa shape index (κ1) is 13.4. The molecule has 0 aromatic rings. The van der Waals surface area contributed by atoms with Crippen LogP contribution in [0.25, 0.3) is 0 Å². The van der Waals surface area contributed by atoms with E-state index in [-0.39, 0.29) is 24.2 Å². The van der Waals surface area contributed by atoms with Crippen LogP contribution < -0.4 is 5.73 Å². The molecule has 0 spiro atoms. The lowest BCUT2D eigenvalue weighted by Gasteiger charge is -2.37. The fourth-order valence-corrected chi connectivity index (χ4v) is 1.87. The first-order chi connectivity index (χ1) is 7.54. The van der Waals surface area contributed by atoms with Crippen LogP contribution in [0.15, 0.2) is 0 Å². The molecule has 1 aliphatic heterocycles. The van der Waals surface area contributed by atoms with Crippen molar-refractivity contribution in [2.45, 2.75) is 38.5 Å². The van der Waals surface area contributed by atoms with Gasteiger partial charge in [0.05, 0.1) is 26.2 Å². The molecular formula is C11H22N2O3. The van der Waals surface area contributed by atoms with Crippen molar-refractivity contribution in [3.8, 4) is 0 Å². The number of nitrogens with two attached hydrogens (primary N) is 1. The molecule has 1 fully saturated rings. The molecule has 0 aromatic heterocycles. The van der Waals surface area contributed by atoms with E-state index in [2.05, 4.69) is 9.64 Å². The van der Waals surface area contributed by atoms with Crippen LogP contribution in [0.4, 0.5) is 0 Å². The van der Waals surface area contributed by atoms with Gasteiger partial charge in [-0.05, 0) is 13.8 Å². The zero-order valence-corrected chi connectivity index (χ0v) is 10.3. The summed E-state index contributed by atoms with van der Waals surface area (Å²) in [4.78, 5) is 13.4. The van der Waals surface area contributed by atoms with Gasteiger partial charge in [-0.1, -0.05) is 0 Å². The van der Waals surface area contributed by atoms with Crippen molar-refractivity contribution in [3.63, 3.8) is 0 Å². The Labute approximate surface area is 96.9 Å². The van der Waals surface area contributed by atoms with Gasteiger partial charge in [0.1, 0.15) is 0 Å². The van der Waals surface area contributed by atoms with Gasteiger partial charge in [0.15, 0.2) is 0 Å². The van der Waals surface area contributed by atoms with E-state index >= 15 is 0 Å². The van der Waals surface area contributed by atoms with Crippen LogP contribution in [-0.2, 0) is 14.3 Å². The Morgan fingerprint density at radius 2 is 2.31 bits per heavy atom. The van der Waals surface area contributed by atoms with Gasteiger partial charge in [-0.15, -0.1) is 0 Å². The molecular weight excluding hydrogens is 208 g/mol. The number of hydrogen-bond donors (Lipinski definition) is 1. The lowest BCUT2D eigenvalue weighted by molar-refractivity contribution is -0.142. The minimum atomic E-state index is -0.170. The van der Waals surface area contributed by atoms with E-state index in [1.807, 2.05) is 13.8 Å². The van der Waals surface area contributed by atoms with Gasteiger partial charge in [0, 0.05) is 25.2 Å². The summed E-state index contributed by atoms with van der Waals surface area (Å²) in [6, 6.07) is 0.200. The monoisotopic (exact) mass is 230 g/mol. The van der Waals surface area contributed by atoms with Crippen LogP contribution in [0.3, 0.4) is 0 Å². The van der Waals surface area contributed by atoms with E-state index < -0.39 is 0 Å². The average molecular weight is 230 g/mol. The Morgan fingerprint density at radius 3 is 2.88 bits per heavy atom. The highest BCUT2D eigenvalue weighted by atomic mass is 16.5. The summed E-state index contributed by atoms with van der Waals surface area (Å²) >= 11 is 0. The second-order valence-electron chi connectivity index (χ2n) is 4.39. The number of methoxy groups -OCH3 is 1. The molecule has 5 nitrogen and oxygen atoms in total. The van der Waals surface area contributed by atoms with E-state index in [0.29, 0.717) is 13.0 Å². The molecule has 1 saturated heterocycles. The summed E-state index contributed by atoms with van der Waals surface area (Å²) in [7, 11) is 1.42. The topological polar surface area (TPSA) is 64.8 Å². The van der Waals surface area contributed by atoms with Crippen LogP contribution in [0.2, 0.25) is 0 Å². The number of morpholine rings is 1. The van der Waals surface area contributed by atoms with Crippen molar-refractivity contribution in [3.05, 3.63) is 0 Å². The van der Waals surface area contributed by atoms with Gasteiger partial charge in [-0.25, -0.2) is 0 Å². The fourth-order valence-electron chi connectivity index (χ4n) is 1.87. The molecule has 0 aliphatic carbocycles. The number of carbonyl (C=O) groups is 1. The summed E-state index contributed by atoms with van der Waals surface area (Å²) in [6.45, 7) is 6.29. The van der Waals surface area contributed by atoms with Gasteiger partial charge in [0.25, 0.3) is 0 Å². The van der Waals surface area contributed by atoms with Gasteiger partial charge >= 0.3 is 5.97 Å². The molecule has 3 atom stereocenters. The van der Waals surface area contributed by atoms with Crippen molar-refractivity contribution in [1.29, 1.82) is 0 Å². The van der Waals surface area contributed by atoms with Crippen LogP contribution in [0, 0.1) is 0 Å². The van der Waals surface area contributed by atoms with E-state index in [4.69, 9.17) is 10.5 Å². The quantitative estimate of drug-likeness (QED) is 0.688. The first-order valence-electron chi connectivity index (χ1n) is 5.72. The van der Waals surface area contributed by atoms with Crippen LogP contribution in [0.5, 0.6) is 0 Å². The SMILES string of the molecule is COC(=O)CC(C)N1CCOC(C(C)N)C1. The summed E-state index contributed by atoms with van der Waals surface area (Å²) < 4.78 is 10.2. The molecule has 0 bridgehead atoms. The molecule has 0 saturated carbocycles. The van der Waals surface area contributed by atoms with Gasteiger partial charge in [-0.3, -0.25) is 9.69 Å². The summed E-state index contributed by atoms with van der Waals surface area (Å²) in [5, 5.41) is 0. The zero-order chi connectivity index (χ0) is 12.1. The largest absolute Gasteiger partial charge is 0.469 e. The minimum absolute atomic E-state index is 0.0214. The minimum Gasteiger partial charge on any atom is -0.469 e. The Kier molecular flexibility index (Phi) is 5.18. The maximum absolute atomic E-state index is 11.2. The molecule has 3 unspecified atom stereocenters. The van der Waals surface area contributed by atoms with E-state index in [9.17, 15) is 4.79 Å². The van der Waals surface area contributed by atoms with E-state index in [1.165, 1.54) is 7.11 Å². The third-order valence-electron chi connectivity index (χ3n) is 3.02. The van der Waals surface area contributed by atoms with Crippen LogP contribution in [-0.4, -0.2) is 55.9 Å². The van der Waals surface area contributed by atoms with Gasteiger partial charge in [0.2, 0.25) is 0 Å². The van der Waals surface area contributed by atoms with Crippen molar-refractivity contribution < 1.29 is 14.3 Å². The number of rotatable bonds is 4. The Morgan fingerprint density at radius 1 is 1.62 bits per heavy atom. The smallest absolute Gasteiger partial charge is 0.307 e. The number of ether oxygens (including phenoxy) is 2. The van der Waals surface area contributed by atoms with Crippen molar-refractivity contribution >= 4 is 5.97 Å². The highest BCUT2D eigenvalue weighted by Crippen LogP contribution is 2.13. The molecule has 0 amide bonds. The average Bonchev–Trinajstić information content (AvgIpc) is 2.28. The Balaban J connectivity index is 2.43. The molecule has 94 valence electrons. The highest BCUT2D eigenvalue weighted by molar-refractivity contribution is 5.69. The van der Waals surface area contributed by atoms with Gasteiger partial charge in [-0.2, -0.15) is 0 Å². The maximum Gasteiger partial charge on any atom is 0.307 e. The number of esters is 1. The molecule has 2 N–H and O–H groups in total.